The topological polar surface area (TPSA) is 30.7 Å². The van der Waals surface area contributed by atoms with Crippen LogP contribution in [0.4, 0.5) is 0 Å². The monoisotopic (exact) mass is 443 g/mol. The van der Waals surface area contributed by atoms with Crippen LogP contribution in [0.25, 0.3) is 39.1 Å². The molecule has 3 aromatic carbocycles. The van der Waals surface area contributed by atoms with Crippen LogP contribution in [-0.2, 0) is 0 Å². The average Bonchev–Trinajstić information content (AvgIpc) is 3.11. The fraction of sp³-hybridized carbons (Fsp3) is 0.0769. The molecule has 31 heavy (non-hydrogen) atoms. The van der Waals surface area contributed by atoms with Gasteiger partial charge in [0.1, 0.15) is 0 Å². The molecule has 5 rings (SSSR count). The van der Waals surface area contributed by atoms with E-state index in [0.717, 1.165) is 44.8 Å². The Hall–Kier alpha value is -3.14. The molecule has 0 aliphatic rings. The fourth-order valence-corrected chi connectivity index (χ4v) is 4.03. The van der Waals surface area contributed by atoms with Crippen LogP contribution < -0.4 is 0 Å². The predicted molar refractivity (Wildman–Crippen MR) is 129 cm³/mol. The molecule has 0 N–H and O–H groups in total. The summed E-state index contributed by atoms with van der Waals surface area (Å²) in [4.78, 5) is 5.03. The Kier molecular flexibility index (Phi) is 5.01. The van der Waals surface area contributed by atoms with Crippen molar-refractivity contribution in [1.29, 1.82) is 0 Å². The number of rotatable bonds is 3. The lowest BCUT2D eigenvalue weighted by molar-refractivity contribution is 0.877. The highest BCUT2D eigenvalue weighted by atomic mass is 35.5. The third kappa shape index (κ3) is 3.71. The summed E-state index contributed by atoms with van der Waals surface area (Å²) in [5, 5.41) is 7.28. The van der Waals surface area contributed by atoms with Gasteiger partial charge in [-0.25, -0.2) is 9.67 Å². The number of hydrogen-bond donors (Lipinski definition) is 0. The molecule has 2 heterocycles. The largest absolute Gasteiger partial charge is 0.228 e. The second-order valence-corrected chi connectivity index (χ2v) is 8.47. The lowest BCUT2D eigenvalue weighted by Gasteiger charge is -2.10. The number of pyridine rings is 1. The van der Waals surface area contributed by atoms with E-state index in [1.807, 2.05) is 60.1 Å². The number of aromatic nitrogens is 3. The van der Waals surface area contributed by atoms with Gasteiger partial charge in [0.25, 0.3) is 0 Å². The molecule has 5 heteroatoms. The Morgan fingerprint density at radius 2 is 1.29 bits per heavy atom. The zero-order valence-corrected chi connectivity index (χ0v) is 18.6. The van der Waals surface area contributed by atoms with E-state index >= 15 is 0 Å². The normalized spacial score (nSPS) is 11.2. The molecule has 0 saturated carbocycles. The molecule has 0 radical (unpaired) electrons. The summed E-state index contributed by atoms with van der Waals surface area (Å²) in [7, 11) is 0. The third-order valence-corrected chi connectivity index (χ3v) is 5.89. The molecular formula is C26H19Cl2N3. The van der Waals surface area contributed by atoms with Crippen molar-refractivity contribution in [1.82, 2.24) is 14.8 Å². The summed E-state index contributed by atoms with van der Waals surface area (Å²) in [5.41, 5.74) is 7.92. The van der Waals surface area contributed by atoms with Crippen molar-refractivity contribution in [2.24, 2.45) is 0 Å². The Morgan fingerprint density at radius 3 is 1.90 bits per heavy atom. The van der Waals surface area contributed by atoms with Crippen LogP contribution in [0.15, 0.2) is 78.9 Å². The van der Waals surface area contributed by atoms with Gasteiger partial charge in [0, 0.05) is 15.6 Å². The Balaban J connectivity index is 1.82. The molecule has 3 nitrogen and oxygen atoms in total. The summed E-state index contributed by atoms with van der Waals surface area (Å²) in [5.74, 6) is 0. The first-order valence-corrected chi connectivity index (χ1v) is 10.7. The van der Waals surface area contributed by atoms with Gasteiger partial charge < -0.3 is 0 Å². The second-order valence-electron chi connectivity index (χ2n) is 7.60. The number of benzene rings is 3. The molecule has 0 atom stereocenters. The van der Waals surface area contributed by atoms with E-state index in [1.54, 1.807) is 0 Å². The Labute approximate surface area is 190 Å². The van der Waals surface area contributed by atoms with Crippen LogP contribution in [0, 0.1) is 13.8 Å². The fourth-order valence-electron chi connectivity index (χ4n) is 3.78. The molecule has 2 aromatic heterocycles. The standard InChI is InChI=1S/C26H19Cl2N3/c1-16-3-13-22(14-4-16)31-26-25(17(2)30-31)23(18-5-9-20(27)10-6-18)15-24(29-26)19-7-11-21(28)12-8-19/h3-15H,1-2H3. The minimum Gasteiger partial charge on any atom is -0.228 e. The maximum Gasteiger partial charge on any atom is 0.164 e. The van der Waals surface area contributed by atoms with Crippen LogP contribution in [0.3, 0.4) is 0 Å². The van der Waals surface area contributed by atoms with Crippen molar-refractivity contribution in [2.45, 2.75) is 13.8 Å². The minimum atomic E-state index is 0.697. The van der Waals surface area contributed by atoms with Gasteiger partial charge in [-0.15, -0.1) is 0 Å². The lowest BCUT2D eigenvalue weighted by atomic mass is 9.99. The van der Waals surface area contributed by atoms with Crippen LogP contribution in [0.1, 0.15) is 11.3 Å². The summed E-state index contributed by atoms with van der Waals surface area (Å²) in [6.07, 6.45) is 0. The number of halogens is 2. The van der Waals surface area contributed by atoms with Gasteiger partial charge in [0.2, 0.25) is 0 Å². The van der Waals surface area contributed by atoms with Gasteiger partial charge >= 0.3 is 0 Å². The van der Waals surface area contributed by atoms with Crippen molar-refractivity contribution < 1.29 is 0 Å². The SMILES string of the molecule is Cc1ccc(-n2nc(C)c3c(-c4ccc(Cl)cc4)cc(-c4ccc(Cl)cc4)nc32)cc1. The molecule has 0 unspecified atom stereocenters. The molecule has 0 aliphatic heterocycles. The van der Waals surface area contributed by atoms with Gasteiger partial charge in [-0.1, -0.05) is 65.2 Å². The maximum absolute atomic E-state index is 6.15. The van der Waals surface area contributed by atoms with E-state index < -0.39 is 0 Å². The van der Waals surface area contributed by atoms with E-state index in [0.29, 0.717) is 10.0 Å². The van der Waals surface area contributed by atoms with E-state index in [4.69, 9.17) is 33.3 Å². The molecule has 0 amide bonds. The van der Waals surface area contributed by atoms with Gasteiger partial charge in [0.15, 0.2) is 5.65 Å². The molecule has 152 valence electrons. The molecule has 0 spiro atoms. The third-order valence-electron chi connectivity index (χ3n) is 5.39. The van der Waals surface area contributed by atoms with E-state index in [9.17, 15) is 0 Å². The summed E-state index contributed by atoms with van der Waals surface area (Å²) >= 11 is 12.3. The zero-order valence-electron chi connectivity index (χ0n) is 17.1. The van der Waals surface area contributed by atoms with E-state index in [-0.39, 0.29) is 0 Å². The molecule has 5 aromatic rings. The Morgan fingerprint density at radius 1 is 0.710 bits per heavy atom. The summed E-state index contributed by atoms with van der Waals surface area (Å²) < 4.78 is 1.92. The quantitative estimate of drug-likeness (QED) is 0.286. The van der Waals surface area contributed by atoms with Crippen LogP contribution in [0.5, 0.6) is 0 Å². The van der Waals surface area contributed by atoms with Gasteiger partial charge in [0.05, 0.1) is 22.5 Å². The molecule has 0 aliphatic carbocycles. The number of hydrogen-bond acceptors (Lipinski definition) is 2. The Bertz CT molecular complexity index is 1380. The van der Waals surface area contributed by atoms with Gasteiger partial charge in [-0.05, 0) is 67.4 Å². The minimum absolute atomic E-state index is 0.697. The maximum atomic E-state index is 6.15. The highest BCUT2D eigenvalue weighted by Gasteiger charge is 2.18. The molecule has 0 saturated heterocycles. The number of nitrogens with zero attached hydrogens (tertiary/aromatic N) is 3. The van der Waals surface area contributed by atoms with Crippen molar-refractivity contribution in [3.8, 4) is 28.1 Å². The van der Waals surface area contributed by atoms with Gasteiger partial charge in [-0.3, -0.25) is 0 Å². The van der Waals surface area contributed by atoms with Crippen molar-refractivity contribution in [3.63, 3.8) is 0 Å². The van der Waals surface area contributed by atoms with Crippen molar-refractivity contribution in [2.75, 3.05) is 0 Å². The first kappa shape index (κ1) is 19.8. The molecular weight excluding hydrogens is 425 g/mol. The first-order chi connectivity index (χ1) is 15.0. The van der Waals surface area contributed by atoms with E-state index in [2.05, 4.69) is 37.3 Å². The molecule has 0 bridgehead atoms. The van der Waals surface area contributed by atoms with Gasteiger partial charge in [-0.2, -0.15) is 5.10 Å². The van der Waals surface area contributed by atoms with Crippen molar-refractivity contribution >= 4 is 34.2 Å². The predicted octanol–water partition coefficient (Wildman–Crippen LogP) is 7.68. The first-order valence-electron chi connectivity index (χ1n) is 9.99. The van der Waals surface area contributed by atoms with E-state index in [1.165, 1.54) is 5.56 Å². The van der Waals surface area contributed by atoms with Crippen LogP contribution >= 0.6 is 23.2 Å². The zero-order chi connectivity index (χ0) is 21.5. The van der Waals surface area contributed by atoms with Crippen LogP contribution in [0.2, 0.25) is 10.0 Å². The lowest BCUT2D eigenvalue weighted by Crippen LogP contribution is -1.99. The summed E-state index contributed by atoms with van der Waals surface area (Å²) in [6, 6.07) is 26.0. The molecule has 0 fully saturated rings. The highest BCUT2D eigenvalue weighted by Crippen LogP contribution is 2.35. The summed E-state index contributed by atoms with van der Waals surface area (Å²) in [6.45, 7) is 4.10. The van der Waals surface area contributed by atoms with Crippen molar-refractivity contribution in [3.05, 3.63) is 100 Å². The smallest absolute Gasteiger partial charge is 0.164 e. The van der Waals surface area contributed by atoms with Crippen LogP contribution in [-0.4, -0.2) is 14.8 Å². The number of aryl methyl sites for hydroxylation is 2. The second kappa shape index (κ2) is 7.84. The highest BCUT2D eigenvalue weighted by molar-refractivity contribution is 6.31. The number of fused-ring (bicyclic) bond motifs is 1. The average molecular weight is 444 g/mol.